The van der Waals surface area contributed by atoms with Gasteiger partial charge in [-0.15, -0.1) is 0 Å². The molecular formula is C18H21N3. The summed E-state index contributed by atoms with van der Waals surface area (Å²) in [5, 5.41) is 10.0. The fourth-order valence-corrected chi connectivity index (χ4v) is 2.50. The van der Waals surface area contributed by atoms with E-state index in [1.54, 1.807) is 6.20 Å². The first kappa shape index (κ1) is 15.2. The van der Waals surface area contributed by atoms with Gasteiger partial charge in [0.15, 0.2) is 0 Å². The zero-order valence-electron chi connectivity index (χ0n) is 12.8. The first-order valence-electron chi connectivity index (χ1n) is 7.15. The van der Waals surface area contributed by atoms with Crippen LogP contribution in [0.3, 0.4) is 0 Å². The third kappa shape index (κ3) is 3.12. The maximum Gasteiger partial charge on any atom is 0.126 e. The predicted molar refractivity (Wildman–Crippen MR) is 84.8 cm³/mol. The molecule has 3 heteroatoms. The molecule has 0 aliphatic heterocycles. The molecule has 108 valence electrons. The van der Waals surface area contributed by atoms with Crippen LogP contribution in [0.1, 0.15) is 24.6 Å². The Morgan fingerprint density at radius 1 is 1.14 bits per heavy atom. The quantitative estimate of drug-likeness (QED) is 0.843. The number of benzene rings is 1. The first-order valence-corrected chi connectivity index (χ1v) is 7.15. The molecule has 0 saturated carbocycles. The van der Waals surface area contributed by atoms with Gasteiger partial charge in [0.25, 0.3) is 0 Å². The molecule has 1 heterocycles. The lowest BCUT2D eigenvalue weighted by atomic mass is 9.74. The van der Waals surface area contributed by atoms with Crippen molar-refractivity contribution in [2.75, 3.05) is 14.1 Å². The van der Waals surface area contributed by atoms with Crippen molar-refractivity contribution in [3.8, 4) is 6.07 Å². The third-order valence-corrected chi connectivity index (χ3v) is 4.04. The van der Waals surface area contributed by atoms with E-state index in [1.165, 1.54) is 0 Å². The molecule has 0 aliphatic carbocycles. The van der Waals surface area contributed by atoms with Crippen molar-refractivity contribution < 1.29 is 0 Å². The van der Waals surface area contributed by atoms with Crippen LogP contribution in [-0.4, -0.2) is 30.0 Å². The number of nitriles is 1. The molecule has 0 fully saturated rings. The Hall–Kier alpha value is -2.18. The SMILES string of the molecule is CC(CC(C#N)(c1ccccc1)c1ccccn1)N(C)C. The van der Waals surface area contributed by atoms with Gasteiger partial charge in [0, 0.05) is 12.2 Å². The van der Waals surface area contributed by atoms with Crippen LogP contribution in [0.2, 0.25) is 0 Å². The van der Waals surface area contributed by atoms with Crippen molar-refractivity contribution in [3.63, 3.8) is 0 Å². The second kappa shape index (κ2) is 6.51. The third-order valence-electron chi connectivity index (χ3n) is 4.04. The molecule has 0 N–H and O–H groups in total. The summed E-state index contributed by atoms with van der Waals surface area (Å²) in [7, 11) is 4.08. The number of hydrogen-bond acceptors (Lipinski definition) is 3. The summed E-state index contributed by atoms with van der Waals surface area (Å²) in [5.41, 5.74) is 1.10. The van der Waals surface area contributed by atoms with Gasteiger partial charge in [0.05, 0.1) is 11.8 Å². The van der Waals surface area contributed by atoms with Gasteiger partial charge in [-0.2, -0.15) is 5.26 Å². The van der Waals surface area contributed by atoms with Gasteiger partial charge in [-0.05, 0) is 45.1 Å². The highest BCUT2D eigenvalue weighted by atomic mass is 15.1. The number of pyridine rings is 1. The molecule has 0 saturated heterocycles. The Balaban J connectivity index is 2.55. The summed E-state index contributed by atoms with van der Waals surface area (Å²) >= 11 is 0. The van der Waals surface area contributed by atoms with Gasteiger partial charge >= 0.3 is 0 Å². The minimum Gasteiger partial charge on any atom is -0.307 e. The van der Waals surface area contributed by atoms with Crippen molar-refractivity contribution in [2.45, 2.75) is 24.8 Å². The Labute approximate surface area is 126 Å². The standard InChI is InChI=1S/C18H21N3/c1-15(21(2)3)13-18(14-19,16-9-5-4-6-10-16)17-11-7-8-12-20-17/h4-12,15H,13H2,1-3H3. The van der Waals surface area contributed by atoms with Gasteiger partial charge in [0.1, 0.15) is 5.41 Å². The summed E-state index contributed by atoms with van der Waals surface area (Å²) in [4.78, 5) is 6.61. The van der Waals surface area contributed by atoms with E-state index in [-0.39, 0.29) is 6.04 Å². The summed E-state index contributed by atoms with van der Waals surface area (Å²) in [6.45, 7) is 2.14. The van der Waals surface area contributed by atoms with Crippen molar-refractivity contribution in [1.29, 1.82) is 5.26 Å². The molecule has 2 aromatic rings. The summed E-state index contributed by atoms with van der Waals surface area (Å²) in [6.07, 6.45) is 2.46. The molecule has 2 rings (SSSR count). The Kier molecular flexibility index (Phi) is 4.72. The lowest BCUT2D eigenvalue weighted by molar-refractivity contribution is 0.273. The summed E-state index contributed by atoms with van der Waals surface area (Å²) < 4.78 is 0. The zero-order valence-corrected chi connectivity index (χ0v) is 12.8. The second-order valence-electron chi connectivity index (χ2n) is 5.61. The maximum absolute atomic E-state index is 10.0. The van der Waals surface area contributed by atoms with E-state index in [1.807, 2.05) is 62.6 Å². The van der Waals surface area contributed by atoms with E-state index in [9.17, 15) is 5.26 Å². The maximum atomic E-state index is 10.0. The minimum absolute atomic E-state index is 0.270. The van der Waals surface area contributed by atoms with E-state index < -0.39 is 5.41 Å². The van der Waals surface area contributed by atoms with Crippen LogP contribution in [-0.2, 0) is 5.41 Å². The van der Waals surface area contributed by atoms with Crippen molar-refractivity contribution in [3.05, 3.63) is 66.0 Å². The average Bonchev–Trinajstić information content (AvgIpc) is 2.54. The van der Waals surface area contributed by atoms with Gasteiger partial charge in [-0.1, -0.05) is 36.4 Å². The lowest BCUT2D eigenvalue weighted by Crippen LogP contribution is -2.36. The second-order valence-corrected chi connectivity index (χ2v) is 5.61. The van der Waals surface area contributed by atoms with Crippen LogP contribution in [0, 0.1) is 11.3 Å². The summed E-state index contributed by atoms with van der Waals surface area (Å²) in [6, 6.07) is 18.5. The minimum atomic E-state index is -0.716. The number of nitrogens with zero attached hydrogens (tertiary/aromatic N) is 3. The van der Waals surface area contributed by atoms with Crippen LogP contribution in [0.5, 0.6) is 0 Å². The van der Waals surface area contributed by atoms with E-state index >= 15 is 0 Å². The molecular weight excluding hydrogens is 258 g/mol. The van der Waals surface area contributed by atoms with Gasteiger partial charge in [-0.3, -0.25) is 4.98 Å². The van der Waals surface area contributed by atoms with Crippen LogP contribution in [0.15, 0.2) is 54.7 Å². The van der Waals surface area contributed by atoms with Crippen LogP contribution >= 0.6 is 0 Å². The molecule has 0 aliphatic rings. The Bertz CT molecular complexity index is 560. The molecule has 0 radical (unpaired) electrons. The van der Waals surface area contributed by atoms with Gasteiger partial charge in [0.2, 0.25) is 0 Å². The van der Waals surface area contributed by atoms with Crippen LogP contribution in [0.25, 0.3) is 0 Å². The number of aromatic nitrogens is 1. The lowest BCUT2D eigenvalue weighted by Gasteiger charge is -2.32. The molecule has 0 bridgehead atoms. The van der Waals surface area contributed by atoms with Crippen LogP contribution in [0.4, 0.5) is 0 Å². The molecule has 0 spiro atoms. The average molecular weight is 279 g/mol. The predicted octanol–water partition coefficient (Wildman–Crippen LogP) is 3.23. The van der Waals surface area contributed by atoms with Gasteiger partial charge < -0.3 is 4.90 Å². The summed E-state index contributed by atoms with van der Waals surface area (Å²) in [5.74, 6) is 0. The number of rotatable bonds is 5. The highest BCUT2D eigenvalue weighted by molar-refractivity contribution is 5.43. The molecule has 21 heavy (non-hydrogen) atoms. The zero-order chi connectivity index (χ0) is 15.3. The fraction of sp³-hybridized carbons (Fsp3) is 0.333. The topological polar surface area (TPSA) is 39.9 Å². The van der Waals surface area contributed by atoms with E-state index in [0.29, 0.717) is 6.42 Å². The monoisotopic (exact) mass is 279 g/mol. The Morgan fingerprint density at radius 3 is 2.33 bits per heavy atom. The van der Waals surface area contributed by atoms with Gasteiger partial charge in [-0.25, -0.2) is 0 Å². The van der Waals surface area contributed by atoms with E-state index in [0.717, 1.165) is 11.3 Å². The largest absolute Gasteiger partial charge is 0.307 e. The van der Waals surface area contributed by atoms with Crippen molar-refractivity contribution in [2.24, 2.45) is 0 Å². The van der Waals surface area contributed by atoms with Crippen LogP contribution < -0.4 is 0 Å². The van der Waals surface area contributed by atoms with E-state index in [2.05, 4.69) is 22.9 Å². The molecule has 3 nitrogen and oxygen atoms in total. The molecule has 0 amide bonds. The molecule has 1 aromatic carbocycles. The number of hydrogen-bond donors (Lipinski definition) is 0. The van der Waals surface area contributed by atoms with Crippen molar-refractivity contribution >= 4 is 0 Å². The van der Waals surface area contributed by atoms with Crippen molar-refractivity contribution in [1.82, 2.24) is 9.88 Å². The molecule has 1 aromatic heterocycles. The molecule has 2 atom stereocenters. The molecule has 2 unspecified atom stereocenters. The fourth-order valence-electron chi connectivity index (χ4n) is 2.50. The highest BCUT2D eigenvalue weighted by Crippen LogP contribution is 2.35. The van der Waals surface area contributed by atoms with E-state index in [4.69, 9.17) is 0 Å². The highest BCUT2D eigenvalue weighted by Gasteiger charge is 2.37. The smallest absolute Gasteiger partial charge is 0.126 e. The first-order chi connectivity index (χ1) is 10.1. The Morgan fingerprint density at radius 2 is 1.81 bits per heavy atom. The normalized spacial score (nSPS) is 15.2.